The van der Waals surface area contributed by atoms with Crippen LogP contribution in [0, 0.1) is 18.3 Å². The van der Waals surface area contributed by atoms with Crippen molar-refractivity contribution in [2.45, 2.75) is 11.8 Å². The Labute approximate surface area is 82.1 Å². The maximum atomic E-state index is 8.78. The van der Waals surface area contributed by atoms with Gasteiger partial charge in [0.1, 0.15) is 0 Å². The van der Waals surface area contributed by atoms with E-state index < -0.39 is 0 Å². The summed E-state index contributed by atoms with van der Waals surface area (Å²) in [6.07, 6.45) is 0. The fourth-order valence-electron chi connectivity index (χ4n) is 1.02. The fraction of sp³-hybridized carbons (Fsp3) is 0.100. The quantitative estimate of drug-likeness (QED) is 0.576. The van der Waals surface area contributed by atoms with E-state index >= 15 is 0 Å². The SMILES string of the molecule is C=CSc1cc(C#N)c(C)cc1N. The zero-order chi connectivity index (χ0) is 9.84. The number of aryl methyl sites for hydroxylation is 1. The minimum absolute atomic E-state index is 0.665. The molecular weight excluding hydrogens is 180 g/mol. The zero-order valence-corrected chi connectivity index (χ0v) is 8.19. The number of hydrogen-bond donors (Lipinski definition) is 1. The lowest BCUT2D eigenvalue weighted by Gasteiger charge is -2.04. The minimum Gasteiger partial charge on any atom is -0.398 e. The lowest BCUT2D eigenvalue weighted by Crippen LogP contribution is -1.91. The van der Waals surface area contributed by atoms with Gasteiger partial charge in [-0.3, -0.25) is 0 Å². The van der Waals surface area contributed by atoms with E-state index in [-0.39, 0.29) is 0 Å². The molecule has 0 amide bonds. The number of nitriles is 1. The van der Waals surface area contributed by atoms with Crippen molar-refractivity contribution in [3.05, 3.63) is 35.2 Å². The Hall–Kier alpha value is -1.40. The Bertz CT molecular complexity index is 377. The summed E-state index contributed by atoms with van der Waals surface area (Å²) < 4.78 is 0. The Morgan fingerprint density at radius 2 is 2.31 bits per heavy atom. The van der Waals surface area contributed by atoms with Crippen LogP contribution < -0.4 is 5.73 Å². The van der Waals surface area contributed by atoms with Crippen molar-refractivity contribution < 1.29 is 0 Å². The Morgan fingerprint density at radius 3 is 2.85 bits per heavy atom. The van der Waals surface area contributed by atoms with Gasteiger partial charge in [0, 0.05) is 10.6 Å². The van der Waals surface area contributed by atoms with Crippen LogP contribution in [0.4, 0.5) is 5.69 Å². The molecule has 2 nitrogen and oxygen atoms in total. The third kappa shape index (κ3) is 2.04. The number of hydrogen-bond acceptors (Lipinski definition) is 3. The van der Waals surface area contributed by atoms with E-state index in [1.54, 1.807) is 11.5 Å². The van der Waals surface area contributed by atoms with Crippen LogP contribution in [0.15, 0.2) is 29.0 Å². The maximum absolute atomic E-state index is 8.78. The van der Waals surface area contributed by atoms with Crippen molar-refractivity contribution in [3.63, 3.8) is 0 Å². The number of nitrogens with two attached hydrogens (primary N) is 1. The van der Waals surface area contributed by atoms with Crippen molar-refractivity contribution in [1.29, 1.82) is 5.26 Å². The molecule has 0 spiro atoms. The topological polar surface area (TPSA) is 49.8 Å². The maximum Gasteiger partial charge on any atom is 0.0994 e. The van der Waals surface area contributed by atoms with Gasteiger partial charge in [0.15, 0.2) is 0 Å². The van der Waals surface area contributed by atoms with Gasteiger partial charge in [0.25, 0.3) is 0 Å². The Morgan fingerprint density at radius 1 is 1.62 bits per heavy atom. The summed E-state index contributed by atoms with van der Waals surface area (Å²) in [5.41, 5.74) is 8.02. The third-order valence-electron chi connectivity index (χ3n) is 1.69. The average molecular weight is 190 g/mol. The van der Waals surface area contributed by atoms with E-state index in [0.29, 0.717) is 11.3 Å². The molecule has 0 aliphatic rings. The molecule has 1 aromatic carbocycles. The number of thioether (sulfide) groups is 1. The van der Waals surface area contributed by atoms with E-state index in [2.05, 4.69) is 12.6 Å². The molecule has 0 aliphatic carbocycles. The number of nitrogen functional groups attached to an aromatic ring is 1. The van der Waals surface area contributed by atoms with Gasteiger partial charge < -0.3 is 5.73 Å². The summed E-state index contributed by atoms with van der Waals surface area (Å²) in [7, 11) is 0. The first-order valence-corrected chi connectivity index (χ1v) is 4.64. The van der Waals surface area contributed by atoms with E-state index in [9.17, 15) is 0 Å². The molecule has 2 N–H and O–H groups in total. The standard InChI is InChI=1S/C10H10N2S/c1-3-13-10-5-8(6-11)7(2)4-9(10)12/h3-5H,1,12H2,2H3. The van der Waals surface area contributed by atoms with Crippen molar-refractivity contribution in [3.8, 4) is 6.07 Å². The van der Waals surface area contributed by atoms with Crippen molar-refractivity contribution in [2.24, 2.45) is 0 Å². The van der Waals surface area contributed by atoms with Gasteiger partial charge in [0.2, 0.25) is 0 Å². The van der Waals surface area contributed by atoms with Gasteiger partial charge in [-0.25, -0.2) is 0 Å². The van der Waals surface area contributed by atoms with Crippen molar-refractivity contribution in [2.75, 3.05) is 5.73 Å². The molecular formula is C10H10N2S. The lowest BCUT2D eigenvalue weighted by molar-refractivity contribution is 1.33. The predicted molar refractivity (Wildman–Crippen MR) is 56.4 cm³/mol. The monoisotopic (exact) mass is 190 g/mol. The van der Waals surface area contributed by atoms with Gasteiger partial charge in [-0.05, 0) is 30.0 Å². The van der Waals surface area contributed by atoms with E-state index in [1.807, 2.05) is 13.0 Å². The molecule has 1 rings (SSSR count). The fourth-order valence-corrected chi connectivity index (χ4v) is 1.58. The second-order valence-corrected chi connectivity index (χ2v) is 3.61. The first-order chi connectivity index (χ1) is 6.19. The molecule has 13 heavy (non-hydrogen) atoms. The zero-order valence-electron chi connectivity index (χ0n) is 7.37. The number of anilines is 1. The number of rotatable bonds is 2. The van der Waals surface area contributed by atoms with Gasteiger partial charge >= 0.3 is 0 Å². The van der Waals surface area contributed by atoms with Crippen molar-refractivity contribution >= 4 is 17.4 Å². The summed E-state index contributed by atoms with van der Waals surface area (Å²) in [5, 5.41) is 10.5. The molecule has 66 valence electrons. The highest BCUT2D eigenvalue weighted by Gasteiger charge is 2.03. The molecule has 1 aromatic rings. The van der Waals surface area contributed by atoms with Crippen LogP contribution in [-0.2, 0) is 0 Å². The van der Waals surface area contributed by atoms with E-state index in [0.717, 1.165) is 10.5 Å². The van der Waals surface area contributed by atoms with Crippen LogP contribution in [0.2, 0.25) is 0 Å². The van der Waals surface area contributed by atoms with Gasteiger partial charge in [0.05, 0.1) is 11.6 Å². The summed E-state index contributed by atoms with van der Waals surface area (Å²) >= 11 is 1.43. The highest BCUT2D eigenvalue weighted by atomic mass is 32.2. The highest BCUT2D eigenvalue weighted by Crippen LogP contribution is 2.28. The molecule has 0 aliphatic heterocycles. The summed E-state index contributed by atoms with van der Waals surface area (Å²) in [4.78, 5) is 0.886. The smallest absolute Gasteiger partial charge is 0.0994 e. The Kier molecular flexibility index (Phi) is 2.99. The predicted octanol–water partition coefficient (Wildman–Crippen LogP) is 2.68. The van der Waals surface area contributed by atoms with Gasteiger partial charge in [-0.15, -0.1) is 0 Å². The first kappa shape index (κ1) is 9.69. The van der Waals surface area contributed by atoms with Crippen LogP contribution in [-0.4, -0.2) is 0 Å². The van der Waals surface area contributed by atoms with Crippen LogP contribution in [0.3, 0.4) is 0 Å². The second kappa shape index (κ2) is 4.01. The van der Waals surface area contributed by atoms with Crippen molar-refractivity contribution in [1.82, 2.24) is 0 Å². The molecule has 0 atom stereocenters. The summed E-state index contributed by atoms with van der Waals surface area (Å²) in [5.74, 6) is 0. The number of nitrogens with zero attached hydrogens (tertiary/aromatic N) is 1. The Balaban J connectivity index is 3.23. The largest absolute Gasteiger partial charge is 0.398 e. The second-order valence-electron chi connectivity index (χ2n) is 2.60. The highest BCUT2D eigenvalue weighted by molar-refractivity contribution is 8.02. The molecule has 3 heteroatoms. The third-order valence-corrected chi connectivity index (χ3v) is 2.46. The number of benzene rings is 1. The lowest BCUT2D eigenvalue weighted by atomic mass is 10.1. The van der Waals surface area contributed by atoms with Crippen LogP contribution in [0.1, 0.15) is 11.1 Å². The summed E-state index contributed by atoms with van der Waals surface area (Å²) in [6.45, 7) is 5.47. The molecule has 0 unspecified atom stereocenters. The minimum atomic E-state index is 0.665. The normalized spacial score (nSPS) is 9.23. The van der Waals surface area contributed by atoms with E-state index in [1.165, 1.54) is 11.8 Å². The van der Waals surface area contributed by atoms with Crippen LogP contribution in [0.25, 0.3) is 0 Å². The van der Waals surface area contributed by atoms with Crippen LogP contribution >= 0.6 is 11.8 Å². The van der Waals surface area contributed by atoms with Crippen LogP contribution in [0.5, 0.6) is 0 Å². The van der Waals surface area contributed by atoms with Gasteiger partial charge in [-0.2, -0.15) is 5.26 Å². The first-order valence-electron chi connectivity index (χ1n) is 3.77. The molecule has 0 saturated carbocycles. The molecule has 0 radical (unpaired) electrons. The summed E-state index contributed by atoms with van der Waals surface area (Å²) in [6, 6.07) is 5.72. The van der Waals surface area contributed by atoms with Gasteiger partial charge in [-0.1, -0.05) is 18.3 Å². The van der Waals surface area contributed by atoms with E-state index in [4.69, 9.17) is 11.0 Å². The molecule has 0 bridgehead atoms. The molecule has 0 saturated heterocycles. The average Bonchev–Trinajstić information content (AvgIpc) is 2.10. The molecule has 0 aromatic heterocycles. The molecule has 0 fully saturated rings. The molecule has 0 heterocycles.